The molecule has 0 aromatic carbocycles. The van der Waals surface area contributed by atoms with Crippen LogP contribution in [0.15, 0.2) is 0 Å². The van der Waals surface area contributed by atoms with Gasteiger partial charge in [-0.15, -0.1) is 0 Å². The predicted molar refractivity (Wildman–Crippen MR) is 53.1 cm³/mol. The average molecular weight is 189 g/mol. The van der Waals surface area contributed by atoms with Crippen LogP contribution in [-0.4, -0.2) is 62.0 Å². The molecular formula is C8H20AlNO2. The maximum atomic E-state index is 5.11. The molecule has 0 rings (SSSR count). The zero-order chi connectivity index (χ0) is 9.23. The van der Waals surface area contributed by atoms with Crippen molar-refractivity contribution in [3.8, 4) is 0 Å². The Morgan fingerprint density at radius 1 is 1.17 bits per heavy atom. The van der Waals surface area contributed by atoms with Crippen LogP contribution in [0.4, 0.5) is 0 Å². The average Bonchev–Trinajstić information content (AvgIpc) is 2.06. The van der Waals surface area contributed by atoms with E-state index in [0.29, 0.717) is 0 Å². The van der Waals surface area contributed by atoms with Gasteiger partial charge in [-0.1, -0.05) is 0 Å². The minimum Gasteiger partial charge on any atom is -0.506 e. The van der Waals surface area contributed by atoms with Gasteiger partial charge in [0.25, 0.3) is 0 Å². The molecule has 0 spiro atoms. The highest BCUT2D eigenvalue weighted by Crippen LogP contribution is 1.90. The number of hydrogen-bond donors (Lipinski definition) is 0. The van der Waals surface area contributed by atoms with E-state index in [9.17, 15) is 0 Å². The minimum atomic E-state index is 0.863. The van der Waals surface area contributed by atoms with Crippen LogP contribution in [-0.2, 0) is 8.53 Å². The molecule has 0 fully saturated rings. The molecule has 0 saturated heterocycles. The van der Waals surface area contributed by atoms with Gasteiger partial charge in [0, 0.05) is 26.9 Å². The first-order valence-corrected chi connectivity index (χ1v) is 5.29. The highest BCUT2D eigenvalue weighted by atomic mass is 27.1. The number of nitrogens with zero attached hydrogens (tertiary/aromatic N) is 1. The summed E-state index contributed by atoms with van der Waals surface area (Å²) >= 11 is 0.864. The van der Waals surface area contributed by atoms with Crippen molar-refractivity contribution in [2.24, 2.45) is 0 Å². The zero-order valence-corrected chi connectivity index (χ0v) is 10.5. The maximum Gasteiger partial charge on any atom is 0.410 e. The molecule has 0 atom stereocenters. The Balaban J connectivity index is 3.04. The predicted octanol–water partition coefficient (Wildman–Crippen LogP) is -0.0905. The van der Waals surface area contributed by atoms with E-state index in [1.54, 1.807) is 7.11 Å². The zero-order valence-electron chi connectivity index (χ0n) is 8.51. The van der Waals surface area contributed by atoms with Gasteiger partial charge in [0.05, 0.1) is 0 Å². The Hall–Kier alpha value is 0.412. The minimum absolute atomic E-state index is 0.863. The summed E-state index contributed by atoms with van der Waals surface area (Å²) in [5.41, 5.74) is 0. The van der Waals surface area contributed by atoms with Crippen molar-refractivity contribution in [1.29, 1.82) is 0 Å². The molecular weight excluding hydrogens is 169 g/mol. The van der Waals surface area contributed by atoms with Crippen LogP contribution in [0.3, 0.4) is 0 Å². The van der Waals surface area contributed by atoms with Crippen LogP contribution >= 0.6 is 0 Å². The van der Waals surface area contributed by atoms with Crippen molar-refractivity contribution < 1.29 is 8.53 Å². The van der Waals surface area contributed by atoms with Gasteiger partial charge in [0.1, 0.15) is 0 Å². The second-order valence-corrected chi connectivity index (χ2v) is 3.57. The topological polar surface area (TPSA) is 21.7 Å². The van der Waals surface area contributed by atoms with Gasteiger partial charge in [0.2, 0.25) is 0 Å². The molecule has 3 nitrogen and oxygen atoms in total. The molecule has 0 aliphatic carbocycles. The van der Waals surface area contributed by atoms with Crippen molar-refractivity contribution >= 4 is 16.6 Å². The Morgan fingerprint density at radius 2 is 1.75 bits per heavy atom. The number of methoxy groups -OCH3 is 1. The summed E-state index contributed by atoms with van der Waals surface area (Å²) in [6.45, 7) is 4.03. The van der Waals surface area contributed by atoms with E-state index >= 15 is 0 Å². The van der Waals surface area contributed by atoms with E-state index in [-0.39, 0.29) is 0 Å². The molecule has 0 aromatic heterocycles. The van der Waals surface area contributed by atoms with Crippen LogP contribution in [0.25, 0.3) is 0 Å². The second-order valence-electron chi connectivity index (χ2n) is 3.00. The summed E-state index contributed by atoms with van der Waals surface area (Å²) in [6.07, 6.45) is 2.27. The van der Waals surface area contributed by atoms with Crippen LogP contribution in [0.5, 0.6) is 0 Å². The number of hydrogen-bond acceptors (Lipinski definition) is 3. The highest BCUT2D eigenvalue weighted by Gasteiger charge is 1.96. The molecule has 12 heavy (non-hydrogen) atoms. The monoisotopic (exact) mass is 189 g/mol. The van der Waals surface area contributed by atoms with E-state index in [1.807, 2.05) is 0 Å². The van der Waals surface area contributed by atoms with E-state index in [1.165, 1.54) is 0 Å². The third-order valence-corrected chi connectivity index (χ3v) is 2.18. The standard InChI is InChI=1S/C8H18NO2.Al.2H/c1-9(5-3-7-10)6-4-8-11-2;;;/h3-8H2,1-2H3;;;/q-1;+1;;. The van der Waals surface area contributed by atoms with Gasteiger partial charge in [-0.2, -0.15) is 0 Å². The van der Waals surface area contributed by atoms with Crippen molar-refractivity contribution in [2.45, 2.75) is 12.8 Å². The lowest BCUT2D eigenvalue weighted by atomic mass is 10.3. The van der Waals surface area contributed by atoms with Crippen LogP contribution in [0, 0.1) is 0 Å². The first-order valence-electron chi connectivity index (χ1n) is 4.47. The normalized spacial score (nSPS) is 10.9. The molecule has 0 bridgehead atoms. The molecule has 0 N–H and O–H groups in total. The second kappa shape index (κ2) is 9.50. The summed E-state index contributed by atoms with van der Waals surface area (Å²) in [6, 6.07) is 0. The summed E-state index contributed by atoms with van der Waals surface area (Å²) < 4.78 is 10.1. The molecule has 0 unspecified atom stereocenters. The van der Waals surface area contributed by atoms with Crippen LogP contribution < -0.4 is 0 Å². The summed E-state index contributed by atoms with van der Waals surface area (Å²) in [5.74, 6) is 0. The third kappa shape index (κ3) is 8.51. The quantitative estimate of drug-likeness (QED) is 0.393. The first-order chi connectivity index (χ1) is 5.81. The fourth-order valence-electron chi connectivity index (χ4n) is 1.07. The molecule has 0 aliphatic rings. The maximum absolute atomic E-state index is 5.11. The van der Waals surface area contributed by atoms with Gasteiger partial charge < -0.3 is 13.4 Å². The van der Waals surface area contributed by atoms with E-state index in [4.69, 9.17) is 8.53 Å². The Bertz CT molecular complexity index is 83.1. The first kappa shape index (κ1) is 12.4. The lowest BCUT2D eigenvalue weighted by Gasteiger charge is -2.15. The lowest BCUT2D eigenvalue weighted by molar-refractivity contribution is 0.177. The molecule has 0 saturated carbocycles. The Morgan fingerprint density at radius 3 is 2.25 bits per heavy atom. The Kier molecular flexibility index (Phi) is 9.83. The summed E-state index contributed by atoms with van der Waals surface area (Å²) in [4.78, 5) is 2.32. The van der Waals surface area contributed by atoms with Gasteiger partial charge in [0.15, 0.2) is 0 Å². The van der Waals surface area contributed by atoms with Crippen LogP contribution in [0.2, 0.25) is 0 Å². The van der Waals surface area contributed by atoms with E-state index in [2.05, 4.69) is 11.9 Å². The van der Waals surface area contributed by atoms with E-state index < -0.39 is 0 Å². The van der Waals surface area contributed by atoms with Crippen molar-refractivity contribution in [3.63, 3.8) is 0 Å². The van der Waals surface area contributed by atoms with Crippen LogP contribution in [0.1, 0.15) is 12.8 Å². The number of ether oxygens (including phenoxy) is 1. The van der Waals surface area contributed by atoms with Crippen molar-refractivity contribution in [1.82, 2.24) is 4.90 Å². The summed E-state index contributed by atoms with van der Waals surface area (Å²) in [7, 11) is 3.89. The SMILES string of the molecule is COCCCN(C)CCC[O][AlH2]. The fraction of sp³-hybridized carbons (Fsp3) is 1.00. The molecule has 4 heteroatoms. The summed E-state index contributed by atoms with van der Waals surface area (Å²) in [5, 5.41) is 0. The molecule has 0 amide bonds. The largest absolute Gasteiger partial charge is 0.506 e. The number of rotatable bonds is 8. The van der Waals surface area contributed by atoms with Gasteiger partial charge in [-0.05, 0) is 26.4 Å². The molecule has 0 aliphatic heterocycles. The lowest BCUT2D eigenvalue weighted by Crippen LogP contribution is -2.22. The van der Waals surface area contributed by atoms with E-state index in [0.717, 1.165) is 55.8 Å². The van der Waals surface area contributed by atoms with Gasteiger partial charge >= 0.3 is 16.6 Å². The molecule has 72 valence electrons. The molecule has 0 heterocycles. The van der Waals surface area contributed by atoms with Crippen molar-refractivity contribution in [3.05, 3.63) is 0 Å². The van der Waals surface area contributed by atoms with Gasteiger partial charge in [-0.25, -0.2) is 0 Å². The van der Waals surface area contributed by atoms with Crippen molar-refractivity contribution in [2.75, 3.05) is 40.5 Å². The third-order valence-electron chi connectivity index (χ3n) is 1.78. The molecule has 0 aromatic rings. The fourth-order valence-corrected chi connectivity index (χ4v) is 1.36. The smallest absolute Gasteiger partial charge is 0.410 e. The highest BCUT2D eigenvalue weighted by molar-refractivity contribution is 5.97. The molecule has 0 radical (unpaired) electrons. The van der Waals surface area contributed by atoms with Gasteiger partial charge in [-0.3, -0.25) is 0 Å². The Labute approximate surface area is 83.8 Å².